The Morgan fingerprint density at radius 1 is 1.53 bits per heavy atom. The number of carbonyl (C=O) groups excluding carboxylic acids is 2. The van der Waals surface area contributed by atoms with Crippen LogP contribution in [0.15, 0.2) is 32.5 Å². The lowest BCUT2D eigenvalue weighted by atomic mass is 10.0. The van der Waals surface area contributed by atoms with Crippen LogP contribution in [0.25, 0.3) is 0 Å². The molecule has 0 fully saturated rings. The van der Waals surface area contributed by atoms with Gasteiger partial charge in [-0.2, -0.15) is 0 Å². The summed E-state index contributed by atoms with van der Waals surface area (Å²) in [5.74, 6) is -0.0325. The van der Waals surface area contributed by atoms with Gasteiger partial charge in [-0.25, -0.2) is 9.59 Å². The Labute approximate surface area is 118 Å². The van der Waals surface area contributed by atoms with Gasteiger partial charge in [-0.3, -0.25) is 0 Å². The number of amides is 2. The van der Waals surface area contributed by atoms with Gasteiger partial charge in [0.05, 0.1) is 12.7 Å². The third kappa shape index (κ3) is 2.37. The summed E-state index contributed by atoms with van der Waals surface area (Å²) in [6.45, 7) is 1.69. The van der Waals surface area contributed by atoms with Gasteiger partial charge in [0, 0.05) is 12.7 Å². The van der Waals surface area contributed by atoms with Crippen LogP contribution in [0.1, 0.15) is 18.7 Å². The maximum absolute atomic E-state index is 11.9. The molecular weight excluding hydrogens is 316 g/mol. The highest BCUT2D eigenvalue weighted by Gasteiger charge is 2.36. The molecule has 1 N–H and O–H groups in total. The minimum Gasteiger partial charge on any atom is -0.466 e. The molecule has 1 unspecified atom stereocenters. The number of rotatable bonds is 2. The van der Waals surface area contributed by atoms with Crippen LogP contribution >= 0.6 is 15.9 Å². The van der Waals surface area contributed by atoms with E-state index in [1.54, 1.807) is 26.1 Å². The zero-order valence-corrected chi connectivity index (χ0v) is 12.3. The second-order valence-corrected chi connectivity index (χ2v) is 4.86. The molecule has 1 aromatic heterocycles. The SMILES string of the molecule is COC(=O)C1=C(C)N(C)C(=O)NC1c1ccc(Br)o1. The number of esters is 1. The van der Waals surface area contributed by atoms with E-state index in [-0.39, 0.29) is 6.03 Å². The largest absolute Gasteiger partial charge is 0.466 e. The van der Waals surface area contributed by atoms with Crippen LogP contribution in [-0.2, 0) is 9.53 Å². The fourth-order valence-corrected chi connectivity index (χ4v) is 2.23. The van der Waals surface area contributed by atoms with Gasteiger partial charge in [-0.15, -0.1) is 0 Å². The first-order chi connectivity index (χ1) is 8.95. The summed E-state index contributed by atoms with van der Waals surface area (Å²) in [5.41, 5.74) is 0.888. The van der Waals surface area contributed by atoms with E-state index in [2.05, 4.69) is 21.2 Å². The molecule has 0 aromatic carbocycles. The highest BCUT2D eigenvalue weighted by atomic mass is 79.9. The van der Waals surface area contributed by atoms with Crippen LogP contribution in [0.3, 0.4) is 0 Å². The smallest absolute Gasteiger partial charge is 0.338 e. The quantitative estimate of drug-likeness (QED) is 0.844. The molecule has 102 valence electrons. The molecule has 2 rings (SSSR count). The highest BCUT2D eigenvalue weighted by molar-refractivity contribution is 9.10. The molecule has 6 nitrogen and oxygen atoms in total. The van der Waals surface area contributed by atoms with Crippen molar-refractivity contribution in [3.8, 4) is 0 Å². The van der Waals surface area contributed by atoms with Crippen molar-refractivity contribution in [1.29, 1.82) is 0 Å². The van der Waals surface area contributed by atoms with Crippen molar-refractivity contribution in [2.75, 3.05) is 14.2 Å². The summed E-state index contributed by atoms with van der Waals surface area (Å²) in [6.07, 6.45) is 0. The van der Waals surface area contributed by atoms with Crippen LogP contribution in [-0.4, -0.2) is 31.1 Å². The van der Waals surface area contributed by atoms with Crippen molar-refractivity contribution in [1.82, 2.24) is 10.2 Å². The van der Waals surface area contributed by atoms with Gasteiger partial charge in [-0.1, -0.05) is 0 Å². The molecule has 1 aliphatic rings. The van der Waals surface area contributed by atoms with E-state index < -0.39 is 12.0 Å². The number of ether oxygens (including phenoxy) is 1. The molecule has 0 spiro atoms. The lowest BCUT2D eigenvalue weighted by Gasteiger charge is -2.31. The molecule has 0 bridgehead atoms. The van der Waals surface area contributed by atoms with E-state index in [4.69, 9.17) is 9.15 Å². The summed E-state index contributed by atoms with van der Waals surface area (Å²) < 4.78 is 10.7. The summed E-state index contributed by atoms with van der Waals surface area (Å²) in [4.78, 5) is 25.1. The third-order valence-electron chi connectivity index (χ3n) is 3.04. The molecule has 2 amide bonds. The van der Waals surface area contributed by atoms with Gasteiger partial charge in [0.25, 0.3) is 0 Å². The number of nitrogens with zero attached hydrogens (tertiary/aromatic N) is 1. The average Bonchev–Trinajstić information content (AvgIpc) is 2.81. The van der Waals surface area contributed by atoms with Gasteiger partial charge < -0.3 is 19.4 Å². The van der Waals surface area contributed by atoms with E-state index in [1.807, 2.05) is 0 Å². The van der Waals surface area contributed by atoms with Crippen LogP contribution < -0.4 is 5.32 Å². The van der Waals surface area contributed by atoms with Crippen molar-refractivity contribution in [3.05, 3.63) is 33.8 Å². The van der Waals surface area contributed by atoms with Crippen LogP contribution in [0.2, 0.25) is 0 Å². The molecule has 0 saturated carbocycles. The predicted octanol–water partition coefficient (Wildman–Crippen LogP) is 2.19. The molecule has 1 aromatic rings. The summed E-state index contributed by atoms with van der Waals surface area (Å²) in [5, 5.41) is 2.71. The third-order valence-corrected chi connectivity index (χ3v) is 3.46. The molecule has 1 atom stereocenters. The van der Waals surface area contributed by atoms with Crippen LogP contribution in [0.5, 0.6) is 0 Å². The maximum atomic E-state index is 11.9. The van der Waals surface area contributed by atoms with Gasteiger partial charge in [0.1, 0.15) is 11.8 Å². The number of hydrogen-bond acceptors (Lipinski definition) is 4. The minimum absolute atomic E-state index is 0.303. The topological polar surface area (TPSA) is 71.8 Å². The normalized spacial score (nSPS) is 19.5. The van der Waals surface area contributed by atoms with Crippen molar-refractivity contribution in [3.63, 3.8) is 0 Å². The average molecular weight is 329 g/mol. The van der Waals surface area contributed by atoms with Gasteiger partial charge >= 0.3 is 12.0 Å². The van der Waals surface area contributed by atoms with E-state index >= 15 is 0 Å². The van der Waals surface area contributed by atoms with Gasteiger partial charge in [0.15, 0.2) is 4.67 Å². The molecule has 2 heterocycles. The number of carbonyl (C=O) groups is 2. The second-order valence-electron chi connectivity index (χ2n) is 4.07. The van der Waals surface area contributed by atoms with E-state index in [0.29, 0.717) is 21.7 Å². The number of nitrogens with one attached hydrogen (secondary N) is 1. The molecule has 0 radical (unpaired) electrons. The van der Waals surface area contributed by atoms with Gasteiger partial charge in [0.2, 0.25) is 0 Å². The Morgan fingerprint density at radius 2 is 2.21 bits per heavy atom. The number of hydrogen-bond donors (Lipinski definition) is 1. The number of halogens is 1. The lowest BCUT2D eigenvalue weighted by molar-refractivity contribution is -0.136. The summed E-state index contributed by atoms with van der Waals surface area (Å²) in [6, 6.07) is 2.44. The number of urea groups is 1. The van der Waals surface area contributed by atoms with Crippen LogP contribution in [0, 0.1) is 0 Å². The summed E-state index contributed by atoms with van der Waals surface area (Å²) in [7, 11) is 2.88. The summed E-state index contributed by atoms with van der Waals surface area (Å²) >= 11 is 3.19. The first kappa shape index (κ1) is 13.7. The number of methoxy groups -OCH3 is 1. The number of furan rings is 1. The monoisotopic (exact) mass is 328 g/mol. The Morgan fingerprint density at radius 3 is 2.74 bits per heavy atom. The molecule has 19 heavy (non-hydrogen) atoms. The minimum atomic E-state index is -0.651. The Kier molecular flexibility index (Phi) is 3.66. The fourth-order valence-electron chi connectivity index (χ4n) is 1.91. The highest BCUT2D eigenvalue weighted by Crippen LogP contribution is 2.32. The Bertz CT molecular complexity index is 564. The first-order valence-corrected chi connectivity index (χ1v) is 6.33. The van der Waals surface area contributed by atoms with Crippen molar-refractivity contribution >= 4 is 27.9 Å². The second kappa shape index (κ2) is 5.08. The van der Waals surface area contributed by atoms with Crippen molar-refractivity contribution in [2.45, 2.75) is 13.0 Å². The Balaban J connectivity index is 2.51. The van der Waals surface area contributed by atoms with Gasteiger partial charge in [-0.05, 0) is 35.0 Å². The van der Waals surface area contributed by atoms with Crippen molar-refractivity contribution < 1.29 is 18.7 Å². The maximum Gasteiger partial charge on any atom is 0.338 e. The van der Waals surface area contributed by atoms with E-state index in [1.165, 1.54) is 12.0 Å². The van der Waals surface area contributed by atoms with Crippen LogP contribution in [0.4, 0.5) is 4.79 Å². The Hall–Kier alpha value is -1.76. The van der Waals surface area contributed by atoms with Crippen molar-refractivity contribution in [2.24, 2.45) is 0 Å². The zero-order chi connectivity index (χ0) is 14.2. The molecule has 1 aliphatic heterocycles. The van der Waals surface area contributed by atoms with E-state index in [9.17, 15) is 9.59 Å². The molecule has 0 aliphatic carbocycles. The first-order valence-electron chi connectivity index (χ1n) is 5.54. The lowest BCUT2D eigenvalue weighted by Crippen LogP contribution is -2.46. The fraction of sp³-hybridized carbons (Fsp3) is 0.333. The molecule has 0 saturated heterocycles. The predicted molar refractivity (Wildman–Crippen MR) is 70.2 cm³/mol. The standard InChI is InChI=1S/C12H13BrN2O4/c1-6-9(11(16)18-3)10(14-12(17)15(6)2)7-4-5-8(13)19-7/h4-5,10H,1-3H3,(H,14,17). The zero-order valence-electron chi connectivity index (χ0n) is 10.7. The molecular formula is C12H13BrN2O4. The molecule has 7 heteroatoms. The van der Waals surface area contributed by atoms with E-state index in [0.717, 1.165) is 0 Å². The number of allylic oxidation sites excluding steroid dienone is 1.